The van der Waals surface area contributed by atoms with E-state index >= 15 is 0 Å². The Kier molecular flexibility index (Phi) is 3.52. The van der Waals surface area contributed by atoms with Crippen LogP contribution >= 0.6 is 0 Å². The molecule has 17 heavy (non-hydrogen) atoms. The zero-order valence-electron chi connectivity index (χ0n) is 10.3. The van der Waals surface area contributed by atoms with Gasteiger partial charge >= 0.3 is 0 Å². The molecular formula is C13H18N2O2. The molecular weight excluding hydrogens is 216 g/mol. The lowest BCUT2D eigenvalue weighted by Gasteiger charge is -2.21. The van der Waals surface area contributed by atoms with Crippen molar-refractivity contribution >= 4 is 11.6 Å². The van der Waals surface area contributed by atoms with Crippen molar-refractivity contribution in [3.63, 3.8) is 0 Å². The fraction of sp³-hybridized carbons (Fsp3) is 0.462. The normalized spacial score (nSPS) is 19.2. The first-order chi connectivity index (χ1) is 8.20. The van der Waals surface area contributed by atoms with Crippen LogP contribution < -0.4 is 15.0 Å². The van der Waals surface area contributed by atoms with Crippen molar-refractivity contribution in [1.29, 1.82) is 0 Å². The molecule has 1 aliphatic rings. The van der Waals surface area contributed by atoms with E-state index in [4.69, 9.17) is 4.74 Å². The summed E-state index contributed by atoms with van der Waals surface area (Å²) in [7, 11) is 1.68. The molecule has 0 spiro atoms. The van der Waals surface area contributed by atoms with Crippen molar-refractivity contribution in [1.82, 2.24) is 5.32 Å². The number of methoxy groups -OCH3 is 1. The van der Waals surface area contributed by atoms with E-state index < -0.39 is 0 Å². The van der Waals surface area contributed by atoms with E-state index in [1.165, 1.54) is 0 Å². The Morgan fingerprint density at radius 3 is 2.94 bits per heavy atom. The van der Waals surface area contributed by atoms with Gasteiger partial charge in [-0.25, -0.2) is 0 Å². The van der Waals surface area contributed by atoms with Gasteiger partial charge in [0, 0.05) is 26.1 Å². The zero-order chi connectivity index (χ0) is 12.3. The van der Waals surface area contributed by atoms with E-state index in [1.54, 1.807) is 14.0 Å². The molecule has 1 aromatic carbocycles. The maximum Gasteiger partial charge on any atom is 0.217 e. The van der Waals surface area contributed by atoms with Crippen molar-refractivity contribution in [2.24, 2.45) is 0 Å². The second-order valence-corrected chi connectivity index (χ2v) is 4.30. The van der Waals surface area contributed by atoms with Crippen LogP contribution in [0.25, 0.3) is 0 Å². The molecule has 1 aliphatic heterocycles. The van der Waals surface area contributed by atoms with E-state index in [0.717, 1.165) is 30.9 Å². The van der Waals surface area contributed by atoms with Crippen LogP contribution in [0.1, 0.15) is 13.3 Å². The lowest BCUT2D eigenvalue weighted by atomic mass is 10.2. The topological polar surface area (TPSA) is 41.6 Å². The monoisotopic (exact) mass is 234 g/mol. The minimum Gasteiger partial charge on any atom is -0.495 e. The summed E-state index contributed by atoms with van der Waals surface area (Å²) < 4.78 is 5.35. The quantitative estimate of drug-likeness (QED) is 0.859. The van der Waals surface area contributed by atoms with Crippen molar-refractivity contribution in [2.45, 2.75) is 19.4 Å². The van der Waals surface area contributed by atoms with Gasteiger partial charge in [0.15, 0.2) is 0 Å². The number of anilines is 1. The third kappa shape index (κ3) is 2.70. The van der Waals surface area contributed by atoms with Gasteiger partial charge in [-0.3, -0.25) is 4.79 Å². The fourth-order valence-electron chi connectivity index (χ4n) is 2.28. The second-order valence-electron chi connectivity index (χ2n) is 4.30. The molecule has 0 radical (unpaired) electrons. The van der Waals surface area contributed by atoms with Gasteiger partial charge in [0.2, 0.25) is 5.91 Å². The molecule has 1 saturated heterocycles. The Labute approximate surface area is 102 Å². The molecule has 1 aromatic rings. The fourth-order valence-corrected chi connectivity index (χ4v) is 2.28. The maximum atomic E-state index is 11.0. The molecule has 0 saturated carbocycles. The Balaban J connectivity index is 2.07. The lowest BCUT2D eigenvalue weighted by molar-refractivity contribution is -0.119. The second kappa shape index (κ2) is 5.08. The number of rotatable bonds is 3. The van der Waals surface area contributed by atoms with E-state index in [2.05, 4.69) is 16.3 Å². The van der Waals surface area contributed by atoms with E-state index in [-0.39, 0.29) is 11.9 Å². The Morgan fingerprint density at radius 1 is 1.47 bits per heavy atom. The van der Waals surface area contributed by atoms with Gasteiger partial charge in [0.1, 0.15) is 5.75 Å². The first-order valence-corrected chi connectivity index (χ1v) is 5.86. The molecule has 0 bridgehead atoms. The van der Waals surface area contributed by atoms with E-state index in [1.807, 2.05) is 18.2 Å². The van der Waals surface area contributed by atoms with Crippen LogP contribution in [0.4, 0.5) is 5.69 Å². The van der Waals surface area contributed by atoms with Gasteiger partial charge in [-0.15, -0.1) is 0 Å². The van der Waals surface area contributed by atoms with Crippen LogP contribution in [-0.4, -0.2) is 32.1 Å². The Morgan fingerprint density at radius 2 is 2.24 bits per heavy atom. The van der Waals surface area contributed by atoms with Gasteiger partial charge in [-0.1, -0.05) is 12.1 Å². The van der Waals surface area contributed by atoms with Gasteiger partial charge in [-0.05, 0) is 18.6 Å². The van der Waals surface area contributed by atoms with Crippen molar-refractivity contribution in [2.75, 3.05) is 25.1 Å². The molecule has 4 heteroatoms. The summed E-state index contributed by atoms with van der Waals surface area (Å²) in [5.74, 6) is 0.924. The summed E-state index contributed by atoms with van der Waals surface area (Å²) in [6, 6.07) is 8.22. The highest BCUT2D eigenvalue weighted by Crippen LogP contribution is 2.30. The maximum absolute atomic E-state index is 11.0. The number of benzene rings is 1. The predicted octanol–water partition coefficient (Wildman–Crippen LogP) is 1.41. The highest BCUT2D eigenvalue weighted by molar-refractivity contribution is 5.73. The molecule has 2 rings (SSSR count). The Bertz CT molecular complexity index is 406. The summed E-state index contributed by atoms with van der Waals surface area (Å²) >= 11 is 0. The van der Waals surface area contributed by atoms with E-state index in [0.29, 0.717) is 0 Å². The average Bonchev–Trinajstić information content (AvgIpc) is 2.76. The van der Waals surface area contributed by atoms with Crippen LogP contribution in [-0.2, 0) is 4.79 Å². The van der Waals surface area contributed by atoms with Crippen molar-refractivity contribution < 1.29 is 9.53 Å². The predicted molar refractivity (Wildman–Crippen MR) is 67.4 cm³/mol. The average molecular weight is 234 g/mol. The van der Waals surface area contributed by atoms with Crippen LogP contribution in [0.2, 0.25) is 0 Å². The number of nitrogens with zero attached hydrogens (tertiary/aromatic N) is 1. The van der Waals surface area contributed by atoms with Crippen molar-refractivity contribution in [3.8, 4) is 5.75 Å². The Hall–Kier alpha value is -1.71. The number of amides is 1. The lowest BCUT2D eigenvalue weighted by Crippen LogP contribution is -2.35. The summed E-state index contributed by atoms with van der Waals surface area (Å²) in [5.41, 5.74) is 1.10. The smallest absolute Gasteiger partial charge is 0.217 e. The molecule has 1 heterocycles. The molecule has 0 aromatic heterocycles. The molecule has 0 aliphatic carbocycles. The van der Waals surface area contributed by atoms with Gasteiger partial charge in [0.05, 0.1) is 12.8 Å². The van der Waals surface area contributed by atoms with Crippen LogP contribution in [0, 0.1) is 0 Å². The first kappa shape index (κ1) is 11.8. The number of hydrogen-bond donors (Lipinski definition) is 1. The highest BCUT2D eigenvalue weighted by atomic mass is 16.5. The van der Waals surface area contributed by atoms with Gasteiger partial charge in [0.25, 0.3) is 0 Å². The largest absolute Gasteiger partial charge is 0.495 e. The molecule has 1 N–H and O–H groups in total. The molecule has 1 amide bonds. The molecule has 1 fully saturated rings. The third-order valence-corrected chi connectivity index (χ3v) is 3.02. The number of ether oxygens (including phenoxy) is 1. The van der Waals surface area contributed by atoms with Crippen LogP contribution in [0.15, 0.2) is 24.3 Å². The van der Waals surface area contributed by atoms with E-state index in [9.17, 15) is 4.79 Å². The minimum absolute atomic E-state index is 0.0388. The zero-order valence-corrected chi connectivity index (χ0v) is 10.3. The summed E-state index contributed by atoms with van der Waals surface area (Å²) in [4.78, 5) is 13.3. The molecule has 1 atom stereocenters. The molecule has 4 nitrogen and oxygen atoms in total. The van der Waals surface area contributed by atoms with Crippen LogP contribution in [0.5, 0.6) is 5.75 Å². The van der Waals surface area contributed by atoms with Crippen molar-refractivity contribution in [3.05, 3.63) is 24.3 Å². The first-order valence-electron chi connectivity index (χ1n) is 5.86. The molecule has 92 valence electrons. The number of para-hydroxylation sites is 2. The standard InChI is InChI=1S/C13H18N2O2/c1-10(16)14-11-7-8-15(9-11)12-5-3-4-6-13(12)17-2/h3-6,11H,7-9H2,1-2H3,(H,14,16). The van der Waals surface area contributed by atoms with Gasteiger partial charge < -0.3 is 15.0 Å². The summed E-state index contributed by atoms with van der Waals surface area (Å²) in [6.45, 7) is 3.36. The number of carbonyl (C=O) groups excluding carboxylic acids is 1. The third-order valence-electron chi connectivity index (χ3n) is 3.02. The number of hydrogen-bond acceptors (Lipinski definition) is 3. The molecule has 1 unspecified atom stereocenters. The summed E-state index contributed by atoms with van der Waals surface area (Å²) in [5, 5.41) is 2.96. The SMILES string of the molecule is COc1ccccc1N1CCC(NC(C)=O)C1. The van der Waals surface area contributed by atoms with Gasteiger partial charge in [-0.2, -0.15) is 0 Å². The minimum atomic E-state index is 0.0388. The summed E-state index contributed by atoms with van der Waals surface area (Å²) in [6.07, 6.45) is 0.984. The number of carbonyl (C=O) groups is 1. The van der Waals surface area contributed by atoms with Crippen LogP contribution in [0.3, 0.4) is 0 Å². The number of nitrogens with one attached hydrogen (secondary N) is 1. The highest BCUT2D eigenvalue weighted by Gasteiger charge is 2.24.